The average Bonchev–Trinajstić information content (AvgIpc) is 2.30. The van der Waals surface area contributed by atoms with Gasteiger partial charge >= 0.3 is 5.51 Å². The van der Waals surface area contributed by atoms with Crippen molar-refractivity contribution in [3.8, 4) is 0 Å². The van der Waals surface area contributed by atoms with E-state index < -0.39 is 5.51 Å². The summed E-state index contributed by atoms with van der Waals surface area (Å²) in [5.41, 5.74) is -4.11. The summed E-state index contributed by atoms with van der Waals surface area (Å²) in [5.74, 6) is 0.750. The Kier molecular flexibility index (Phi) is 7.69. The molecule has 1 saturated heterocycles. The van der Waals surface area contributed by atoms with E-state index in [2.05, 4.69) is 31.0 Å². The van der Waals surface area contributed by atoms with E-state index in [1.54, 1.807) is 0 Å². The first-order chi connectivity index (χ1) is 9.31. The molecule has 0 aromatic rings. The van der Waals surface area contributed by atoms with Gasteiger partial charge in [-0.3, -0.25) is 4.90 Å². The van der Waals surface area contributed by atoms with Crippen molar-refractivity contribution in [2.45, 2.75) is 57.6 Å². The van der Waals surface area contributed by atoms with Gasteiger partial charge in [0.15, 0.2) is 0 Å². The first-order valence-corrected chi connectivity index (χ1v) is 8.48. The highest BCUT2D eigenvalue weighted by Gasteiger charge is 2.31. The Hall–Kier alpha value is 0.0600. The fraction of sp³-hybridized carbons (Fsp3) is 1.00. The van der Waals surface area contributed by atoms with Gasteiger partial charge < -0.3 is 5.32 Å². The van der Waals surface area contributed by atoms with E-state index >= 15 is 0 Å². The maximum Gasteiger partial charge on any atom is 0.441 e. The van der Waals surface area contributed by atoms with Gasteiger partial charge in [0.05, 0.1) is 0 Å². The molecule has 2 atom stereocenters. The predicted molar refractivity (Wildman–Crippen MR) is 80.0 cm³/mol. The molecule has 2 nitrogen and oxygen atoms in total. The van der Waals surface area contributed by atoms with E-state index in [1.165, 1.54) is 0 Å². The molecule has 0 aromatic carbocycles. The van der Waals surface area contributed by atoms with Crippen LogP contribution in [0.25, 0.3) is 0 Å². The molecule has 6 heteroatoms. The Labute approximate surface area is 124 Å². The maximum atomic E-state index is 12.2. The smallest absolute Gasteiger partial charge is 0.311 e. The normalized spacial score (nSPS) is 25.4. The number of alkyl halides is 3. The lowest BCUT2D eigenvalue weighted by molar-refractivity contribution is -0.0329. The number of hydrogen-bond donors (Lipinski definition) is 1. The summed E-state index contributed by atoms with van der Waals surface area (Å²) in [6.07, 6.45) is 3.21. The zero-order valence-electron chi connectivity index (χ0n) is 12.7. The van der Waals surface area contributed by atoms with E-state index in [9.17, 15) is 13.2 Å². The molecule has 0 amide bonds. The molecular formula is C14H27F3N2S. The van der Waals surface area contributed by atoms with Gasteiger partial charge in [-0.2, -0.15) is 13.2 Å². The maximum absolute atomic E-state index is 12.2. The van der Waals surface area contributed by atoms with Crippen molar-refractivity contribution in [1.82, 2.24) is 10.2 Å². The molecule has 120 valence electrons. The van der Waals surface area contributed by atoms with Crippen molar-refractivity contribution >= 4 is 11.8 Å². The van der Waals surface area contributed by atoms with Gasteiger partial charge in [-0.1, -0.05) is 27.2 Å². The van der Waals surface area contributed by atoms with Crippen molar-refractivity contribution in [2.75, 3.05) is 25.4 Å². The molecule has 1 rings (SSSR count). The summed E-state index contributed by atoms with van der Waals surface area (Å²) in [7, 11) is 0. The first kappa shape index (κ1) is 18.1. The fourth-order valence-corrected chi connectivity index (χ4v) is 3.38. The van der Waals surface area contributed by atoms with Gasteiger partial charge in [0.25, 0.3) is 0 Å². The SMILES string of the molecule is CCCC1CNC(CC(C)C)CN1CCSC(F)(F)F. The molecule has 0 spiro atoms. The quantitative estimate of drug-likeness (QED) is 0.771. The number of rotatable bonds is 7. The van der Waals surface area contributed by atoms with Crippen LogP contribution in [0.15, 0.2) is 0 Å². The van der Waals surface area contributed by atoms with E-state index in [4.69, 9.17) is 0 Å². The molecule has 0 aliphatic carbocycles. The molecular weight excluding hydrogens is 285 g/mol. The molecule has 0 aromatic heterocycles. The van der Waals surface area contributed by atoms with Gasteiger partial charge in [-0.05, 0) is 30.5 Å². The van der Waals surface area contributed by atoms with Crippen LogP contribution in [-0.4, -0.2) is 47.9 Å². The van der Waals surface area contributed by atoms with Gasteiger partial charge in [0.2, 0.25) is 0 Å². The molecule has 2 unspecified atom stereocenters. The second-order valence-electron chi connectivity index (χ2n) is 5.97. The first-order valence-electron chi connectivity index (χ1n) is 7.50. The second-order valence-corrected chi connectivity index (χ2v) is 7.13. The highest BCUT2D eigenvalue weighted by Crippen LogP contribution is 2.30. The Morgan fingerprint density at radius 2 is 2.05 bits per heavy atom. The summed E-state index contributed by atoms with van der Waals surface area (Å²) in [6, 6.07) is 0.802. The number of piperazine rings is 1. The number of nitrogens with zero attached hydrogens (tertiary/aromatic N) is 1. The molecule has 0 bridgehead atoms. The Morgan fingerprint density at radius 3 is 2.60 bits per heavy atom. The van der Waals surface area contributed by atoms with Crippen molar-refractivity contribution in [3.63, 3.8) is 0 Å². The van der Waals surface area contributed by atoms with Crippen molar-refractivity contribution < 1.29 is 13.2 Å². The van der Waals surface area contributed by atoms with Gasteiger partial charge in [-0.25, -0.2) is 0 Å². The van der Waals surface area contributed by atoms with Crippen LogP contribution in [0.2, 0.25) is 0 Å². The lowest BCUT2D eigenvalue weighted by Gasteiger charge is -2.41. The number of halogens is 3. The third-order valence-electron chi connectivity index (χ3n) is 3.64. The van der Waals surface area contributed by atoms with Crippen LogP contribution in [0.3, 0.4) is 0 Å². The van der Waals surface area contributed by atoms with Crippen LogP contribution in [0, 0.1) is 5.92 Å². The molecule has 1 heterocycles. The summed E-state index contributed by atoms with van der Waals surface area (Å²) in [4.78, 5) is 2.26. The lowest BCUT2D eigenvalue weighted by atomic mass is 9.98. The van der Waals surface area contributed by atoms with Crippen LogP contribution in [-0.2, 0) is 0 Å². The molecule has 1 aliphatic rings. The minimum Gasteiger partial charge on any atom is -0.311 e. The predicted octanol–water partition coefficient (Wildman–Crippen LogP) is 3.73. The van der Waals surface area contributed by atoms with Crippen LogP contribution in [0.1, 0.15) is 40.0 Å². The molecule has 1 aliphatic heterocycles. The summed E-state index contributed by atoms with van der Waals surface area (Å²) >= 11 is 0.100. The van der Waals surface area contributed by atoms with E-state index in [0.29, 0.717) is 24.5 Å². The van der Waals surface area contributed by atoms with Gasteiger partial charge in [-0.15, -0.1) is 0 Å². The largest absolute Gasteiger partial charge is 0.441 e. The Morgan fingerprint density at radius 1 is 1.35 bits per heavy atom. The number of hydrogen-bond acceptors (Lipinski definition) is 3. The highest BCUT2D eigenvalue weighted by molar-refractivity contribution is 8.00. The molecule has 20 heavy (non-hydrogen) atoms. The van der Waals surface area contributed by atoms with E-state index in [0.717, 1.165) is 32.4 Å². The van der Waals surface area contributed by atoms with E-state index in [1.807, 2.05) is 0 Å². The van der Waals surface area contributed by atoms with Crippen LogP contribution >= 0.6 is 11.8 Å². The number of nitrogens with one attached hydrogen (secondary N) is 1. The van der Waals surface area contributed by atoms with Crippen LogP contribution < -0.4 is 5.32 Å². The fourth-order valence-electron chi connectivity index (χ4n) is 2.83. The summed E-state index contributed by atoms with van der Waals surface area (Å²) in [6.45, 7) is 8.81. The van der Waals surface area contributed by atoms with E-state index in [-0.39, 0.29) is 17.5 Å². The molecule has 0 saturated carbocycles. The molecule has 0 radical (unpaired) electrons. The number of thioether (sulfide) groups is 1. The summed E-state index contributed by atoms with van der Waals surface area (Å²) < 4.78 is 36.7. The topological polar surface area (TPSA) is 15.3 Å². The zero-order valence-corrected chi connectivity index (χ0v) is 13.5. The van der Waals surface area contributed by atoms with Crippen LogP contribution in [0.4, 0.5) is 13.2 Å². The third kappa shape index (κ3) is 7.18. The lowest BCUT2D eigenvalue weighted by Crippen LogP contribution is -2.57. The minimum atomic E-state index is -4.11. The Bertz CT molecular complexity index is 272. The van der Waals surface area contributed by atoms with Crippen molar-refractivity contribution in [3.05, 3.63) is 0 Å². The molecule has 1 N–H and O–H groups in total. The Balaban J connectivity index is 2.46. The highest BCUT2D eigenvalue weighted by atomic mass is 32.2. The van der Waals surface area contributed by atoms with Gasteiger partial charge in [0.1, 0.15) is 0 Å². The zero-order chi connectivity index (χ0) is 15.2. The minimum absolute atomic E-state index is 0.100. The third-order valence-corrected chi connectivity index (χ3v) is 4.35. The standard InChI is InChI=1S/C14H27F3N2S/c1-4-5-13-9-18-12(8-11(2)3)10-19(13)6-7-20-14(15,16)17/h11-13,18H,4-10H2,1-3H3. The van der Waals surface area contributed by atoms with Crippen molar-refractivity contribution in [2.24, 2.45) is 5.92 Å². The second kappa shape index (κ2) is 8.49. The summed E-state index contributed by atoms with van der Waals surface area (Å²) in [5, 5.41) is 3.55. The van der Waals surface area contributed by atoms with Gasteiger partial charge in [0, 0.05) is 37.5 Å². The van der Waals surface area contributed by atoms with Crippen LogP contribution in [0.5, 0.6) is 0 Å². The van der Waals surface area contributed by atoms with Crippen molar-refractivity contribution in [1.29, 1.82) is 0 Å². The monoisotopic (exact) mass is 312 g/mol. The average molecular weight is 312 g/mol. The molecule has 1 fully saturated rings.